The first-order valence-electron chi connectivity index (χ1n) is 6.50. The fourth-order valence-corrected chi connectivity index (χ4v) is 3.08. The molecular formula is C14H16F2N2. The minimum Gasteiger partial charge on any atom is -0.341 e. The average molecular weight is 250 g/mol. The molecule has 0 bridgehead atoms. The van der Waals surface area contributed by atoms with E-state index in [9.17, 15) is 8.78 Å². The van der Waals surface area contributed by atoms with Crippen molar-refractivity contribution in [3.05, 3.63) is 29.6 Å². The van der Waals surface area contributed by atoms with Crippen LogP contribution in [-0.4, -0.2) is 9.97 Å². The van der Waals surface area contributed by atoms with E-state index >= 15 is 0 Å². The fraction of sp³-hybridized carbons (Fsp3) is 0.500. The van der Waals surface area contributed by atoms with Gasteiger partial charge in [-0.1, -0.05) is 19.8 Å². The Balaban J connectivity index is 2.16. The highest BCUT2D eigenvalue weighted by molar-refractivity contribution is 5.76. The summed E-state index contributed by atoms with van der Waals surface area (Å²) >= 11 is 0. The van der Waals surface area contributed by atoms with E-state index in [1.807, 2.05) is 0 Å². The van der Waals surface area contributed by atoms with Crippen molar-refractivity contribution in [3.8, 4) is 0 Å². The maximum atomic E-state index is 13.7. The van der Waals surface area contributed by atoms with E-state index in [-0.39, 0.29) is 10.9 Å². The van der Waals surface area contributed by atoms with Crippen LogP contribution in [0.3, 0.4) is 0 Å². The molecule has 0 atom stereocenters. The second-order valence-corrected chi connectivity index (χ2v) is 5.18. The summed E-state index contributed by atoms with van der Waals surface area (Å²) in [5.74, 6) is -0.862. The van der Waals surface area contributed by atoms with Gasteiger partial charge in [0.05, 0.1) is 5.52 Å². The summed E-state index contributed by atoms with van der Waals surface area (Å²) in [5, 5.41) is 0. The lowest BCUT2D eigenvalue weighted by atomic mass is 9.83. The van der Waals surface area contributed by atoms with Gasteiger partial charge in [-0.2, -0.15) is 0 Å². The predicted molar refractivity (Wildman–Crippen MR) is 66.4 cm³/mol. The van der Waals surface area contributed by atoms with E-state index in [1.54, 1.807) is 6.07 Å². The smallest absolute Gasteiger partial charge is 0.186 e. The quantitative estimate of drug-likeness (QED) is 0.855. The fourth-order valence-electron chi connectivity index (χ4n) is 3.08. The highest BCUT2D eigenvalue weighted by Gasteiger charge is 2.36. The van der Waals surface area contributed by atoms with Crippen LogP contribution in [0.15, 0.2) is 12.1 Å². The Morgan fingerprint density at radius 2 is 2.00 bits per heavy atom. The van der Waals surface area contributed by atoms with Gasteiger partial charge in [0.25, 0.3) is 0 Å². The lowest BCUT2D eigenvalue weighted by Gasteiger charge is -2.24. The molecule has 1 aliphatic rings. The van der Waals surface area contributed by atoms with Crippen molar-refractivity contribution in [2.45, 2.75) is 44.4 Å². The zero-order valence-electron chi connectivity index (χ0n) is 10.4. The van der Waals surface area contributed by atoms with Crippen molar-refractivity contribution in [1.82, 2.24) is 9.97 Å². The van der Waals surface area contributed by atoms with Crippen molar-refractivity contribution < 1.29 is 8.78 Å². The second-order valence-electron chi connectivity index (χ2n) is 5.18. The van der Waals surface area contributed by atoms with Gasteiger partial charge < -0.3 is 4.98 Å². The SMILES string of the molecule is CCC1(c2nc3c(F)c(F)ccc3[nH]2)CCCC1. The maximum Gasteiger partial charge on any atom is 0.186 e. The molecule has 0 unspecified atom stereocenters. The Morgan fingerprint density at radius 3 is 2.67 bits per heavy atom. The van der Waals surface area contributed by atoms with Gasteiger partial charge in [-0.15, -0.1) is 0 Å². The molecule has 1 aromatic carbocycles. The van der Waals surface area contributed by atoms with Crippen LogP contribution in [0, 0.1) is 11.6 Å². The molecule has 18 heavy (non-hydrogen) atoms. The first-order chi connectivity index (χ1) is 8.66. The van der Waals surface area contributed by atoms with Gasteiger partial charge in [0.1, 0.15) is 11.3 Å². The van der Waals surface area contributed by atoms with Gasteiger partial charge in [0, 0.05) is 5.41 Å². The number of aromatic nitrogens is 2. The molecule has 0 radical (unpaired) electrons. The van der Waals surface area contributed by atoms with Crippen LogP contribution in [0.4, 0.5) is 8.78 Å². The van der Waals surface area contributed by atoms with Crippen LogP contribution < -0.4 is 0 Å². The number of hydrogen-bond donors (Lipinski definition) is 1. The number of halogens is 2. The molecule has 2 nitrogen and oxygen atoms in total. The van der Waals surface area contributed by atoms with E-state index in [0.717, 1.165) is 31.2 Å². The van der Waals surface area contributed by atoms with Crippen molar-refractivity contribution >= 4 is 11.0 Å². The molecule has 2 aromatic rings. The van der Waals surface area contributed by atoms with Gasteiger partial charge in [-0.3, -0.25) is 0 Å². The summed E-state index contributed by atoms with van der Waals surface area (Å²) < 4.78 is 26.9. The Hall–Kier alpha value is -1.45. The van der Waals surface area contributed by atoms with Crippen molar-refractivity contribution in [2.24, 2.45) is 0 Å². The van der Waals surface area contributed by atoms with Gasteiger partial charge in [-0.05, 0) is 31.4 Å². The largest absolute Gasteiger partial charge is 0.341 e. The Bertz CT molecular complexity index is 583. The summed E-state index contributed by atoms with van der Waals surface area (Å²) in [5.41, 5.74) is 0.746. The highest BCUT2D eigenvalue weighted by atomic mass is 19.2. The average Bonchev–Trinajstić information content (AvgIpc) is 3.01. The molecule has 3 rings (SSSR count). The van der Waals surface area contributed by atoms with Crippen molar-refractivity contribution in [1.29, 1.82) is 0 Å². The number of fused-ring (bicyclic) bond motifs is 1. The standard InChI is InChI=1S/C14H16F2N2/c1-2-14(7-3-4-8-14)13-17-10-6-5-9(15)11(16)12(10)18-13/h5-6H,2-4,7-8H2,1H3,(H,17,18). The second kappa shape index (κ2) is 4.04. The summed E-state index contributed by atoms with van der Waals surface area (Å²) in [6, 6.07) is 2.70. The molecule has 0 saturated heterocycles. The van der Waals surface area contributed by atoms with Crippen molar-refractivity contribution in [3.63, 3.8) is 0 Å². The Kier molecular flexibility index (Phi) is 2.61. The predicted octanol–water partition coefficient (Wildman–Crippen LogP) is 4.06. The number of benzene rings is 1. The van der Waals surface area contributed by atoms with Crippen LogP contribution in [0.2, 0.25) is 0 Å². The van der Waals surface area contributed by atoms with E-state index in [0.29, 0.717) is 5.52 Å². The normalized spacial score (nSPS) is 18.6. The van der Waals surface area contributed by atoms with Crippen LogP contribution in [-0.2, 0) is 5.41 Å². The lowest BCUT2D eigenvalue weighted by Crippen LogP contribution is -2.22. The molecule has 4 heteroatoms. The number of imidazole rings is 1. The minimum absolute atomic E-state index is 0.0297. The number of nitrogens with one attached hydrogen (secondary N) is 1. The Labute approximate surface area is 104 Å². The topological polar surface area (TPSA) is 28.7 Å². The molecule has 1 saturated carbocycles. The third-order valence-corrected chi connectivity index (χ3v) is 4.29. The maximum absolute atomic E-state index is 13.7. The molecule has 1 aromatic heterocycles. The molecule has 96 valence electrons. The van der Waals surface area contributed by atoms with Crippen molar-refractivity contribution in [2.75, 3.05) is 0 Å². The molecule has 1 fully saturated rings. The zero-order chi connectivity index (χ0) is 12.8. The van der Waals surface area contributed by atoms with Gasteiger partial charge in [0.2, 0.25) is 0 Å². The minimum atomic E-state index is -0.848. The van der Waals surface area contributed by atoms with Gasteiger partial charge in [-0.25, -0.2) is 13.8 Å². The number of rotatable bonds is 2. The number of H-pyrrole nitrogens is 1. The first-order valence-corrected chi connectivity index (χ1v) is 6.50. The summed E-state index contributed by atoms with van der Waals surface area (Å²) in [6.45, 7) is 2.13. The van der Waals surface area contributed by atoms with Crippen LogP contribution in [0.1, 0.15) is 44.9 Å². The van der Waals surface area contributed by atoms with Gasteiger partial charge >= 0.3 is 0 Å². The Morgan fingerprint density at radius 1 is 1.28 bits per heavy atom. The molecule has 1 aliphatic carbocycles. The zero-order valence-corrected chi connectivity index (χ0v) is 10.4. The number of hydrogen-bond acceptors (Lipinski definition) is 1. The van der Waals surface area contributed by atoms with Gasteiger partial charge in [0.15, 0.2) is 11.6 Å². The molecule has 0 aliphatic heterocycles. The van der Waals surface area contributed by atoms with E-state index < -0.39 is 11.6 Å². The lowest BCUT2D eigenvalue weighted by molar-refractivity contribution is 0.403. The number of aromatic amines is 1. The highest BCUT2D eigenvalue weighted by Crippen LogP contribution is 2.43. The summed E-state index contributed by atoms with van der Waals surface area (Å²) in [6.07, 6.45) is 5.50. The molecular weight excluding hydrogens is 234 g/mol. The first kappa shape index (κ1) is 11.6. The van der Waals surface area contributed by atoms with Crippen LogP contribution in [0.5, 0.6) is 0 Å². The van der Waals surface area contributed by atoms with E-state index in [2.05, 4.69) is 16.9 Å². The molecule has 1 heterocycles. The van der Waals surface area contributed by atoms with E-state index in [4.69, 9.17) is 0 Å². The molecule has 0 amide bonds. The summed E-state index contributed by atoms with van der Waals surface area (Å²) in [7, 11) is 0. The molecule has 1 N–H and O–H groups in total. The summed E-state index contributed by atoms with van der Waals surface area (Å²) in [4.78, 5) is 7.51. The van der Waals surface area contributed by atoms with Crippen LogP contribution >= 0.6 is 0 Å². The third kappa shape index (κ3) is 1.55. The monoisotopic (exact) mass is 250 g/mol. The van der Waals surface area contributed by atoms with Crippen LogP contribution in [0.25, 0.3) is 11.0 Å². The molecule has 0 spiro atoms. The third-order valence-electron chi connectivity index (χ3n) is 4.29. The van der Waals surface area contributed by atoms with E-state index in [1.165, 1.54) is 12.8 Å². The number of nitrogens with zero attached hydrogens (tertiary/aromatic N) is 1.